The summed E-state index contributed by atoms with van der Waals surface area (Å²) < 4.78 is 13.7. The number of likely N-dealkylation sites (tertiary alicyclic amines) is 1. The molecule has 7 nitrogen and oxygen atoms in total. The SMILES string of the molecule is Cc1ccc(OCc2c(C(=O)N3CCCC(C)C3)c(=O)cc(C)n2CCN2CCOCC2)cc1. The lowest BCUT2D eigenvalue weighted by molar-refractivity contribution is 0.0361. The van der Waals surface area contributed by atoms with Crippen LogP contribution in [0, 0.1) is 19.8 Å². The van der Waals surface area contributed by atoms with Gasteiger partial charge >= 0.3 is 0 Å². The molecular formula is C27H37N3O4. The highest BCUT2D eigenvalue weighted by Gasteiger charge is 2.28. The Morgan fingerprint density at radius 1 is 1.09 bits per heavy atom. The monoisotopic (exact) mass is 467 g/mol. The van der Waals surface area contributed by atoms with Gasteiger partial charge in [-0.1, -0.05) is 24.6 Å². The molecule has 1 aromatic heterocycles. The first-order valence-corrected chi connectivity index (χ1v) is 12.4. The van der Waals surface area contributed by atoms with Crippen molar-refractivity contribution in [1.82, 2.24) is 14.4 Å². The lowest BCUT2D eigenvalue weighted by atomic mass is 9.99. The number of rotatable bonds is 7. The fourth-order valence-corrected chi connectivity index (χ4v) is 4.90. The minimum Gasteiger partial charge on any atom is -0.487 e. The Bertz CT molecular complexity index is 1040. The van der Waals surface area contributed by atoms with Crippen molar-refractivity contribution in [1.29, 1.82) is 0 Å². The molecule has 1 unspecified atom stereocenters. The molecule has 2 aliphatic rings. The van der Waals surface area contributed by atoms with Gasteiger partial charge in [0.05, 0.1) is 18.9 Å². The smallest absolute Gasteiger partial charge is 0.259 e. The highest BCUT2D eigenvalue weighted by atomic mass is 16.5. The van der Waals surface area contributed by atoms with Gasteiger partial charge in [-0.3, -0.25) is 14.5 Å². The summed E-state index contributed by atoms with van der Waals surface area (Å²) in [6.07, 6.45) is 2.09. The maximum absolute atomic E-state index is 13.6. The number of piperidine rings is 1. The summed E-state index contributed by atoms with van der Waals surface area (Å²) in [5.41, 5.74) is 2.71. The Balaban J connectivity index is 1.66. The zero-order valence-electron chi connectivity index (χ0n) is 20.7. The van der Waals surface area contributed by atoms with Gasteiger partial charge in [-0.2, -0.15) is 0 Å². The van der Waals surface area contributed by atoms with Crippen LogP contribution in [-0.2, 0) is 17.9 Å². The molecule has 1 atom stereocenters. The van der Waals surface area contributed by atoms with E-state index in [1.807, 2.05) is 43.0 Å². The van der Waals surface area contributed by atoms with Crippen LogP contribution in [0.2, 0.25) is 0 Å². The van der Waals surface area contributed by atoms with Gasteiger partial charge in [0.25, 0.3) is 5.91 Å². The third kappa shape index (κ3) is 5.88. The number of pyridine rings is 1. The Kier molecular flexibility index (Phi) is 8.06. The van der Waals surface area contributed by atoms with Crippen LogP contribution in [-0.4, -0.2) is 66.2 Å². The summed E-state index contributed by atoms with van der Waals surface area (Å²) in [6.45, 7) is 12.5. The molecule has 0 aliphatic carbocycles. The van der Waals surface area contributed by atoms with Crippen molar-refractivity contribution in [3.63, 3.8) is 0 Å². The van der Waals surface area contributed by atoms with E-state index in [0.717, 1.165) is 62.7 Å². The summed E-state index contributed by atoms with van der Waals surface area (Å²) in [4.78, 5) is 31.0. The molecule has 184 valence electrons. The average Bonchev–Trinajstić information content (AvgIpc) is 2.83. The summed E-state index contributed by atoms with van der Waals surface area (Å²) >= 11 is 0. The first-order chi connectivity index (χ1) is 16.4. The van der Waals surface area contributed by atoms with E-state index in [2.05, 4.69) is 16.4 Å². The standard InChI is InChI=1S/C27H37N3O4/c1-20-6-8-23(9-7-20)34-19-24-26(27(32)29-10-4-5-21(2)18-29)25(31)17-22(3)30(24)12-11-28-13-15-33-16-14-28/h6-9,17,21H,4-5,10-16,18-19H2,1-3H3. The normalized spacial score (nSPS) is 19.3. The predicted molar refractivity (Wildman–Crippen MR) is 133 cm³/mol. The topological polar surface area (TPSA) is 64.0 Å². The molecular weight excluding hydrogens is 430 g/mol. The van der Waals surface area contributed by atoms with Crippen molar-refractivity contribution in [2.45, 2.75) is 46.8 Å². The van der Waals surface area contributed by atoms with Crippen LogP contribution in [0.3, 0.4) is 0 Å². The van der Waals surface area contributed by atoms with E-state index in [1.54, 1.807) is 6.07 Å². The quantitative estimate of drug-likeness (QED) is 0.626. The van der Waals surface area contributed by atoms with E-state index in [9.17, 15) is 9.59 Å². The first-order valence-electron chi connectivity index (χ1n) is 12.4. The number of aromatic nitrogens is 1. The molecule has 4 rings (SSSR count). The lowest BCUT2D eigenvalue weighted by Crippen LogP contribution is -2.43. The molecule has 1 amide bonds. The summed E-state index contributed by atoms with van der Waals surface area (Å²) in [6, 6.07) is 9.45. The van der Waals surface area contributed by atoms with Crippen molar-refractivity contribution >= 4 is 5.91 Å². The Morgan fingerprint density at radius 2 is 1.82 bits per heavy atom. The Morgan fingerprint density at radius 3 is 2.53 bits per heavy atom. The molecule has 0 saturated carbocycles. The number of carbonyl (C=O) groups excluding carboxylic acids is 1. The summed E-state index contributed by atoms with van der Waals surface area (Å²) in [5, 5.41) is 0. The Hall–Kier alpha value is -2.64. The first kappa shape index (κ1) is 24.5. The van der Waals surface area contributed by atoms with E-state index in [-0.39, 0.29) is 23.5 Å². The fraction of sp³-hybridized carbons (Fsp3) is 0.556. The molecule has 3 heterocycles. The Labute approximate surface area is 202 Å². The van der Waals surface area contributed by atoms with Gasteiger partial charge in [0.2, 0.25) is 0 Å². The van der Waals surface area contributed by atoms with Crippen molar-refractivity contribution < 1.29 is 14.3 Å². The van der Waals surface area contributed by atoms with Crippen LogP contribution in [0.1, 0.15) is 47.1 Å². The zero-order chi connectivity index (χ0) is 24.1. The molecule has 2 fully saturated rings. The number of nitrogens with zero attached hydrogens (tertiary/aromatic N) is 3. The maximum atomic E-state index is 13.6. The molecule has 2 aromatic rings. The third-order valence-corrected chi connectivity index (χ3v) is 6.92. The largest absolute Gasteiger partial charge is 0.487 e. The van der Waals surface area contributed by atoms with Crippen LogP contribution in [0.4, 0.5) is 0 Å². The average molecular weight is 468 g/mol. The van der Waals surface area contributed by atoms with Gasteiger partial charge in [0.15, 0.2) is 5.43 Å². The highest BCUT2D eigenvalue weighted by molar-refractivity contribution is 5.95. The number of aryl methyl sites for hydroxylation is 2. The van der Waals surface area contributed by atoms with E-state index in [0.29, 0.717) is 31.2 Å². The van der Waals surface area contributed by atoms with Crippen molar-refractivity contribution in [3.05, 3.63) is 63.1 Å². The van der Waals surface area contributed by atoms with Crippen molar-refractivity contribution in [2.75, 3.05) is 45.9 Å². The number of hydrogen-bond donors (Lipinski definition) is 0. The number of ether oxygens (including phenoxy) is 2. The molecule has 2 aliphatic heterocycles. The van der Waals surface area contributed by atoms with E-state index >= 15 is 0 Å². The van der Waals surface area contributed by atoms with Crippen molar-refractivity contribution in [2.24, 2.45) is 5.92 Å². The van der Waals surface area contributed by atoms with Crippen LogP contribution < -0.4 is 10.2 Å². The number of amides is 1. The van der Waals surface area contributed by atoms with Gasteiger partial charge < -0.3 is 18.9 Å². The van der Waals surface area contributed by atoms with Crippen LogP contribution in [0.15, 0.2) is 35.1 Å². The molecule has 34 heavy (non-hydrogen) atoms. The lowest BCUT2D eigenvalue weighted by Gasteiger charge is -2.32. The summed E-state index contributed by atoms with van der Waals surface area (Å²) in [7, 11) is 0. The van der Waals surface area contributed by atoms with Crippen LogP contribution in [0.25, 0.3) is 0 Å². The predicted octanol–water partition coefficient (Wildman–Crippen LogP) is 3.25. The van der Waals surface area contributed by atoms with E-state index < -0.39 is 0 Å². The van der Waals surface area contributed by atoms with Gasteiger partial charge in [-0.05, 0) is 44.7 Å². The minimum atomic E-state index is -0.217. The number of benzene rings is 1. The second kappa shape index (κ2) is 11.2. The number of hydrogen-bond acceptors (Lipinski definition) is 5. The molecule has 0 spiro atoms. The highest BCUT2D eigenvalue weighted by Crippen LogP contribution is 2.21. The maximum Gasteiger partial charge on any atom is 0.259 e. The molecule has 0 bridgehead atoms. The second-order valence-corrected chi connectivity index (χ2v) is 9.68. The van der Waals surface area contributed by atoms with E-state index in [4.69, 9.17) is 9.47 Å². The minimum absolute atomic E-state index is 0.167. The van der Waals surface area contributed by atoms with Gasteiger partial charge in [-0.15, -0.1) is 0 Å². The van der Waals surface area contributed by atoms with Gasteiger partial charge in [0, 0.05) is 51.0 Å². The zero-order valence-corrected chi connectivity index (χ0v) is 20.7. The van der Waals surface area contributed by atoms with Crippen LogP contribution in [0.5, 0.6) is 5.75 Å². The molecule has 0 N–H and O–H groups in total. The van der Waals surface area contributed by atoms with E-state index in [1.165, 1.54) is 0 Å². The molecule has 2 saturated heterocycles. The number of morpholine rings is 1. The van der Waals surface area contributed by atoms with Crippen LogP contribution >= 0.6 is 0 Å². The molecule has 0 radical (unpaired) electrons. The fourth-order valence-electron chi connectivity index (χ4n) is 4.90. The molecule has 1 aromatic carbocycles. The third-order valence-electron chi connectivity index (χ3n) is 6.92. The number of carbonyl (C=O) groups is 1. The second-order valence-electron chi connectivity index (χ2n) is 9.68. The van der Waals surface area contributed by atoms with Gasteiger partial charge in [0.1, 0.15) is 17.9 Å². The van der Waals surface area contributed by atoms with Crippen molar-refractivity contribution in [3.8, 4) is 5.75 Å². The summed E-state index contributed by atoms with van der Waals surface area (Å²) in [5.74, 6) is 1.00. The molecule has 7 heteroatoms. The van der Waals surface area contributed by atoms with Gasteiger partial charge in [-0.25, -0.2) is 0 Å².